The Morgan fingerprint density at radius 3 is 2.54 bits per heavy atom. The Hall–Kier alpha value is -2.82. The molecule has 5 heteroatoms. The molecule has 0 aliphatic heterocycles. The number of carbonyl (C=O) groups is 1. The van der Waals surface area contributed by atoms with Crippen LogP contribution in [0.15, 0.2) is 55.1 Å². The first-order chi connectivity index (χ1) is 13.3. The van der Waals surface area contributed by atoms with Crippen molar-refractivity contribution >= 4 is 12.0 Å². The van der Waals surface area contributed by atoms with Crippen LogP contribution in [-0.4, -0.2) is 11.1 Å². The summed E-state index contributed by atoms with van der Waals surface area (Å²) in [5.41, 5.74) is 1.91. The molecule has 0 unspecified atom stereocenters. The zero-order valence-electron chi connectivity index (χ0n) is 15.3. The summed E-state index contributed by atoms with van der Waals surface area (Å²) in [6.07, 6.45) is 2.07. The largest absolute Gasteiger partial charge is 0.478 e. The lowest BCUT2D eigenvalue weighted by Crippen LogP contribution is -2.20. The molecule has 3 rings (SSSR count). The second kappa shape index (κ2) is 8.05. The van der Waals surface area contributed by atoms with E-state index in [9.17, 15) is 18.0 Å². The van der Waals surface area contributed by atoms with Gasteiger partial charge in [-0.15, -0.1) is 6.58 Å². The van der Waals surface area contributed by atoms with E-state index in [0.29, 0.717) is 22.3 Å². The fraction of sp³-hybridized carbons (Fsp3) is 0.261. The molecule has 1 N–H and O–H groups in total. The van der Waals surface area contributed by atoms with Gasteiger partial charge in [0.2, 0.25) is 0 Å². The topological polar surface area (TPSA) is 37.3 Å². The number of halogens is 3. The third kappa shape index (κ3) is 4.19. The summed E-state index contributed by atoms with van der Waals surface area (Å²) in [4.78, 5) is 10.8. The lowest BCUT2D eigenvalue weighted by molar-refractivity contribution is -0.139. The van der Waals surface area contributed by atoms with Gasteiger partial charge in [0, 0.05) is 6.08 Å². The van der Waals surface area contributed by atoms with Crippen molar-refractivity contribution in [3.8, 4) is 11.1 Å². The molecule has 0 bridgehead atoms. The maximum Gasteiger partial charge on any atom is 0.416 e. The molecule has 0 atom stereocenters. The molecule has 0 radical (unpaired) electrons. The number of aliphatic carboxylic acids is 1. The van der Waals surface area contributed by atoms with Crippen molar-refractivity contribution < 1.29 is 23.1 Å². The maximum atomic E-state index is 14.0. The lowest BCUT2D eigenvalue weighted by Gasteiger charge is -2.32. The molecule has 0 heterocycles. The third-order valence-electron chi connectivity index (χ3n) is 5.11. The monoisotopic (exact) mass is 386 g/mol. The fourth-order valence-corrected chi connectivity index (χ4v) is 3.68. The van der Waals surface area contributed by atoms with Gasteiger partial charge < -0.3 is 5.11 Å². The highest BCUT2D eigenvalue weighted by atomic mass is 19.4. The number of benzene rings is 2. The smallest absolute Gasteiger partial charge is 0.416 e. The van der Waals surface area contributed by atoms with Gasteiger partial charge in [0.25, 0.3) is 0 Å². The predicted octanol–water partition coefficient (Wildman–Crippen LogP) is 6.47. The van der Waals surface area contributed by atoms with Gasteiger partial charge in [0.05, 0.1) is 5.56 Å². The van der Waals surface area contributed by atoms with Crippen molar-refractivity contribution in [2.45, 2.75) is 37.8 Å². The molecule has 2 aromatic carbocycles. The molecule has 0 amide bonds. The van der Waals surface area contributed by atoms with E-state index in [-0.39, 0.29) is 17.9 Å². The summed E-state index contributed by atoms with van der Waals surface area (Å²) in [7, 11) is 0. The van der Waals surface area contributed by atoms with Crippen LogP contribution in [0.1, 0.15) is 47.4 Å². The number of hydrogen-bond donors (Lipinski definition) is 1. The molecule has 1 fully saturated rings. The number of carboxylic acids is 1. The Labute approximate surface area is 162 Å². The van der Waals surface area contributed by atoms with Crippen molar-refractivity contribution in [3.05, 3.63) is 77.4 Å². The van der Waals surface area contributed by atoms with Gasteiger partial charge in [0.1, 0.15) is 0 Å². The number of hydrogen-bond acceptors (Lipinski definition) is 1. The van der Waals surface area contributed by atoms with E-state index in [2.05, 4.69) is 6.58 Å². The minimum absolute atomic E-state index is 0.116. The highest BCUT2D eigenvalue weighted by Gasteiger charge is 2.40. The Bertz CT molecular complexity index is 922. The molecule has 0 spiro atoms. The van der Waals surface area contributed by atoms with Crippen LogP contribution >= 0.6 is 0 Å². The quantitative estimate of drug-likeness (QED) is 0.456. The Morgan fingerprint density at radius 1 is 1.21 bits per heavy atom. The maximum absolute atomic E-state index is 14.0. The molecule has 146 valence electrons. The molecule has 28 heavy (non-hydrogen) atoms. The summed E-state index contributed by atoms with van der Waals surface area (Å²) >= 11 is 0. The minimum Gasteiger partial charge on any atom is -0.478 e. The number of alkyl halides is 3. The van der Waals surface area contributed by atoms with E-state index in [1.54, 1.807) is 30.3 Å². The van der Waals surface area contributed by atoms with Crippen molar-refractivity contribution in [2.75, 3.05) is 0 Å². The van der Waals surface area contributed by atoms with Crippen molar-refractivity contribution in [1.82, 2.24) is 0 Å². The van der Waals surface area contributed by atoms with E-state index in [4.69, 9.17) is 5.11 Å². The second-order valence-electron chi connectivity index (χ2n) is 6.98. The molecule has 0 aromatic heterocycles. The van der Waals surface area contributed by atoms with Crippen LogP contribution in [0.2, 0.25) is 0 Å². The Balaban J connectivity index is 2.20. The van der Waals surface area contributed by atoms with Gasteiger partial charge in [-0.3, -0.25) is 0 Å². The van der Waals surface area contributed by atoms with Gasteiger partial charge in [-0.2, -0.15) is 13.2 Å². The van der Waals surface area contributed by atoms with Gasteiger partial charge >= 0.3 is 12.1 Å². The van der Waals surface area contributed by atoms with Gasteiger partial charge in [-0.05, 0) is 65.1 Å². The molecule has 0 saturated heterocycles. The summed E-state index contributed by atoms with van der Waals surface area (Å²) in [5.74, 6) is -1.19. The highest BCUT2D eigenvalue weighted by molar-refractivity contribution is 5.85. The first-order valence-electron chi connectivity index (χ1n) is 9.16. The summed E-state index contributed by atoms with van der Waals surface area (Å²) in [6.45, 7) is 3.59. The lowest BCUT2D eigenvalue weighted by atomic mass is 9.73. The number of rotatable bonds is 6. The van der Waals surface area contributed by atoms with E-state index >= 15 is 0 Å². The van der Waals surface area contributed by atoms with Crippen LogP contribution in [0.5, 0.6) is 0 Å². The Morgan fingerprint density at radius 2 is 1.96 bits per heavy atom. The van der Waals surface area contributed by atoms with Gasteiger partial charge in [0.15, 0.2) is 0 Å². The first kappa shape index (κ1) is 19.9. The van der Waals surface area contributed by atoms with Crippen LogP contribution in [0.3, 0.4) is 0 Å². The normalized spacial score (nSPS) is 14.8. The average Bonchev–Trinajstić information content (AvgIpc) is 2.58. The molecule has 1 aliphatic carbocycles. The van der Waals surface area contributed by atoms with Crippen molar-refractivity contribution in [2.24, 2.45) is 0 Å². The van der Waals surface area contributed by atoms with Crippen LogP contribution in [-0.2, 0) is 17.4 Å². The van der Waals surface area contributed by atoms with Crippen molar-refractivity contribution in [3.63, 3.8) is 0 Å². The summed E-state index contributed by atoms with van der Waals surface area (Å²) in [5, 5.41) is 8.80. The van der Waals surface area contributed by atoms with Crippen LogP contribution < -0.4 is 0 Å². The minimum atomic E-state index is -4.44. The van der Waals surface area contributed by atoms with E-state index in [1.165, 1.54) is 18.2 Å². The summed E-state index contributed by atoms with van der Waals surface area (Å²) in [6, 6.07) is 10.2. The fourth-order valence-electron chi connectivity index (χ4n) is 3.68. The Kier molecular flexibility index (Phi) is 5.73. The highest BCUT2D eigenvalue weighted by Crippen LogP contribution is 2.48. The molecular formula is C23H21F3O2. The molecular weight excluding hydrogens is 365 g/mol. The van der Waals surface area contributed by atoms with Crippen LogP contribution in [0, 0.1) is 0 Å². The molecule has 1 aliphatic rings. The van der Waals surface area contributed by atoms with Crippen LogP contribution in [0.4, 0.5) is 13.2 Å². The third-order valence-corrected chi connectivity index (χ3v) is 5.11. The van der Waals surface area contributed by atoms with Crippen LogP contribution in [0.25, 0.3) is 17.2 Å². The standard InChI is InChI=1S/C23H21F3O2/c1-2-5-17-11-12-19(18-9-3-6-15(14-18)10-13-20(27)28)21(16-7-4-8-16)22(17)23(24,25)26/h2-3,6,9-14,16H,1,4-5,7-8H2,(H,27,28)/b13-10+. The first-order valence-corrected chi connectivity index (χ1v) is 9.16. The zero-order chi connectivity index (χ0) is 20.3. The van der Waals surface area contributed by atoms with E-state index in [1.807, 2.05) is 0 Å². The number of carboxylic acid groups (broad SMARTS) is 1. The second-order valence-corrected chi connectivity index (χ2v) is 6.98. The average molecular weight is 386 g/mol. The van der Waals surface area contributed by atoms with Gasteiger partial charge in [-0.25, -0.2) is 4.79 Å². The van der Waals surface area contributed by atoms with Gasteiger partial charge in [-0.1, -0.05) is 42.8 Å². The SMILES string of the molecule is C=CCc1ccc(-c2cccc(/C=C/C(=O)O)c2)c(C2CCC2)c1C(F)(F)F. The van der Waals surface area contributed by atoms with E-state index in [0.717, 1.165) is 25.3 Å². The predicted molar refractivity (Wildman–Crippen MR) is 104 cm³/mol. The molecule has 1 saturated carbocycles. The molecule has 2 aromatic rings. The molecule has 2 nitrogen and oxygen atoms in total. The summed E-state index contributed by atoms with van der Waals surface area (Å²) < 4.78 is 42.1. The zero-order valence-corrected chi connectivity index (χ0v) is 15.3. The van der Waals surface area contributed by atoms with E-state index < -0.39 is 17.7 Å². The van der Waals surface area contributed by atoms with Crippen molar-refractivity contribution in [1.29, 1.82) is 0 Å². The number of allylic oxidation sites excluding steroid dienone is 1.